The van der Waals surface area contributed by atoms with Crippen molar-refractivity contribution in [2.24, 2.45) is 0 Å². The van der Waals surface area contributed by atoms with Gasteiger partial charge >= 0.3 is 0 Å². The summed E-state index contributed by atoms with van der Waals surface area (Å²) in [5.41, 5.74) is 14.7. The fraction of sp³-hybridized carbons (Fsp3) is 0.395. The van der Waals surface area contributed by atoms with Gasteiger partial charge in [-0.15, -0.1) is 0 Å². The summed E-state index contributed by atoms with van der Waals surface area (Å²) in [6, 6.07) is 12.2. The second-order valence-corrected chi connectivity index (χ2v) is 12.3. The van der Waals surface area contributed by atoms with Crippen LogP contribution in [0.4, 0.5) is 0 Å². The Balaban J connectivity index is 0.000000247. The number of aryl methyl sites for hydroxylation is 10. The van der Waals surface area contributed by atoms with Crippen molar-refractivity contribution in [2.75, 3.05) is 0 Å². The molecule has 7 heteroatoms. The molecule has 0 spiro atoms. The van der Waals surface area contributed by atoms with Crippen LogP contribution in [0, 0.1) is 55.4 Å². The van der Waals surface area contributed by atoms with Crippen molar-refractivity contribution in [2.45, 2.75) is 116 Å². The SMILES string of the molecule is C=Cc1cc(O)ccc1-n1c(C)c2c(C)nnc(C)c2c1C.CC.CC.CCCc1ccc(-n2c(C)c3c(C)nnc(CC)c3c2C)cc1C. The third kappa shape index (κ3) is 7.37. The maximum absolute atomic E-state index is 9.71. The Morgan fingerprint density at radius 3 is 1.64 bits per heavy atom. The average molecular weight is 675 g/mol. The van der Waals surface area contributed by atoms with E-state index in [2.05, 4.69) is 110 Å². The van der Waals surface area contributed by atoms with Crippen molar-refractivity contribution in [3.8, 4) is 17.1 Å². The molecule has 0 bridgehead atoms. The zero-order valence-corrected chi connectivity index (χ0v) is 33.0. The van der Waals surface area contributed by atoms with Crippen LogP contribution in [0.3, 0.4) is 0 Å². The standard InChI is InChI=1S/C21H27N3.C18H19N3O.2C2H6/c1-7-9-17-10-11-18(12-13(17)3)24-15(5)20-14(4)22-23-19(8-2)21(20)16(24)6;1-6-14-9-15(22)7-8-16(14)21-12(4)17-10(2)19-20-11(3)18(17)13(21)5;2*1-2/h10-12H,7-9H2,1-6H3;6-9,22H,1H2,2-5H3;2*1-2H3. The molecule has 0 saturated carbocycles. The lowest BCUT2D eigenvalue weighted by Crippen LogP contribution is -2.01. The molecule has 2 aromatic carbocycles. The molecular weight excluding hydrogens is 617 g/mol. The molecule has 7 nitrogen and oxygen atoms in total. The second-order valence-electron chi connectivity index (χ2n) is 12.3. The van der Waals surface area contributed by atoms with E-state index >= 15 is 0 Å². The highest BCUT2D eigenvalue weighted by molar-refractivity contribution is 5.93. The maximum Gasteiger partial charge on any atom is 0.116 e. The molecule has 6 rings (SSSR count). The van der Waals surface area contributed by atoms with Crippen LogP contribution in [0.15, 0.2) is 43.0 Å². The zero-order valence-electron chi connectivity index (χ0n) is 33.0. The van der Waals surface area contributed by atoms with Crippen molar-refractivity contribution < 1.29 is 5.11 Å². The van der Waals surface area contributed by atoms with E-state index in [4.69, 9.17) is 0 Å². The summed E-state index contributed by atoms with van der Waals surface area (Å²) in [5.74, 6) is 0.237. The van der Waals surface area contributed by atoms with Crippen LogP contribution in [-0.4, -0.2) is 34.6 Å². The Hall–Kier alpha value is -4.78. The third-order valence-corrected chi connectivity index (χ3v) is 9.24. The van der Waals surface area contributed by atoms with Gasteiger partial charge in [-0.05, 0) is 110 Å². The quantitative estimate of drug-likeness (QED) is 0.190. The van der Waals surface area contributed by atoms with Crippen LogP contribution in [0.2, 0.25) is 0 Å². The third-order valence-electron chi connectivity index (χ3n) is 9.24. The molecule has 0 amide bonds. The first-order valence-electron chi connectivity index (χ1n) is 18.2. The molecule has 266 valence electrons. The lowest BCUT2D eigenvalue weighted by molar-refractivity contribution is 0.475. The highest BCUT2D eigenvalue weighted by Gasteiger charge is 2.20. The fourth-order valence-corrected chi connectivity index (χ4v) is 7.11. The Morgan fingerprint density at radius 1 is 0.640 bits per heavy atom. The number of phenolic OH excluding ortho intramolecular Hbond substituents is 1. The van der Waals surface area contributed by atoms with Gasteiger partial charge in [-0.3, -0.25) is 0 Å². The highest BCUT2D eigenvalue weighted by atomic mass is 16.3. The summed E-state index contributed by atoms with van der Waals surface area (Å²) in [5, 5.41) is 31.8. The zero-order chi connectivity index (χ0) is 37.4. The lowest BCUT2D eigenvalue weighted by atomic mass is 10.0. The second kappa shape index (κ2) is 17.2. The van der Waals surface area contributed by atoms with E-state index in [1.807, 2.05) is 47.6 Å². The van der Waals surface area contributed by atoms with Crippen LogP contribution in [0.25, 0.3) is 39.0 Å². The Bertz CT molecular complexity index is 2070. The smallest absolute Gasteiger partial charge is 0.116 e. The first kappa shape index (κ1) is 39.7. The summed E-state index contributed by atoms with van der Waals surface area (Å²) in [6.45, 7) is 33.0. The Morgan fingerprint density at radius 2 is 1.14 bits per heavy atom. The molecular formula is C43H58N6O. The normalized spacial score (nSPS) is 10.6. The number of fused-ring (bicyclic) bond motifs is 2. The summed E-state index contributed by atoms with van der Waals surface area (Å²) in [4.78, 5) is 0. The van der Waals surface area contributed by atoms with E-state index in [9.17, 15) is 5.11 Å². The van der Waals surface area contributed by atoms with Crippen molar-refractivity contribution in [3.63, 3.8) is 0 Å². The molecule has 4 aromatic heterocycles. The molecule has 6 aromatic rings. The number of aromatic nitrogens is 6. The van der Waals surface area contributed by atoms with Gasteiger partial charge in [-0.2, -0.15) is 20.4 Å². The fourth-order valence-electron chi connectivity index (χ4n) is 7.11. The summed E-state index contributed by atoms with van der Waals surface area (Å²) >= 11 is 0. The van der Waals surface area contributed by atoms with Crippen LogP contribution in [-0.2, 0) is 12.8 Å². The lowest BCUT2D eigenvalue weighted by Gasteiger charge is -2.13. The van der Waals surface area contributed by atoms with Gasteiger partial charge in [-0.1, -0.05) is 66.7 Å². The summed E-state index contributed by atoms with van der Waals surface area (Å²) in [6.07, 6.45) is 4.99. The highest BCUT2D eigenvalue weighted by Crippen LogP contribution is 2.34. The van der Waals surface area contributed by atoms with E-state index < -0.39 is 0 Å². The number of hydrogen-bond acceptors (Lipinski definition) is 5. The minimum atomic E-state index is 0.237. The van der Waals surface area contributed by atoms with Crippen LogP contribution < -0.4 is 0 Å². The Labute approximate surface area is 300 Å². The monoisotopic (exact) mass is 674 g/mol. The molecule has 0 aliphatic carbocycles. The molecule has 0 unspecified atom stereocenters. The largest absolute Gasteiger partial charge is 0.508 e. The van der Waals surface area contributed by atoms with Crippen LogP contribution >= 0.6 is 0 Å². The van der Waals surface area contributed by atoms with Gasteiger partial charge in [0.1, 0.15) is 5.75 Å². The van der Waals surface area contributed by atoms with Gasteiger partial charge in [0.25, 0.3) is 0 Å². The number of aromatic hydroxyl groups is 1. The van der Waals surface area contributed by atoms with Crippen molar-refractivity contribution in [1.82, 2.24) is 29.5 Å². The van der Waals surface area contributed by atoms with Gasteiger partial charge in [0.2, 0.25) is 0 Å². The number of phenols is 1. The molecule has 1 N–H and O–H groups in total. The van der Waals surface area contributed by atoms with E-state index in [0.717, 1.165) is 69.0 Å². The van der Waals surface area contributed by atoms with Crippen LogP contribution in [0.5, 0.6) is 5.75 Å². The van der Waals surface area contributed by atoms with Crippen molar-refractivity contribution >= 4 is 27.6 Å². The number of nitrogens with zero attached hydrogens (tertiary/aromatic N) is 6. The predicted molar refractivity (Wildman–Crippen MR) is 213 cm³/mol. The van der Waals surface area contributed by atoms with E-state index in [-0.39, 0.29) is 5.75 Å². The van der Waals surface area contributed by atoms with E-state index in [1.54, 1.807) is 18.2 Å². The van der Waals surface area contributed by atoms with Gasteiger partial charge in [0.05, 0.1) is 28.5 Å². The molecule has 0 fully saturated rings. The molecule has 0 radical (unpaired) electrons. The first-order chi connectivity index (χ1) is 23.9. The average Bonchev–Trinajstić information content (AvgIpc) is 3.55. The number of benzene rings is 2. The molecule has 4 heterocycles. The molecule has 50 heavy (non-hydrogen) atoms. The molecule has 0 atom stereocenters. The van der Waals surface area contributed by atoms with Crippen molar-refractivity contribution in [3.05, 3.63) is 105 Å². The van der Waals surface area contributed by atoms with E-state index in [1.165, 1.54) is 45.4 Å². The molecule has 0 saturated heterocycles. The van der Waals surface area contributed by atoms with Gasteiger partial charge in [0, 0.05) is 55.6 Å². The van der Waals surface area contributed by atoms with Crippen molar-refractivity contribution in [1.29, 1.82) is 0 Å². The minimum Gasteiger partial charge on any atom is -0.508 e. The minimum absolute atomic E-state index is 0.237. The summed E-state index contributed by atoms with van der Waals surface area (Å²) in [7, 11) is 0. The first-order valence-corrected chi connectivity index (χ1v) is 18.2. The maximum atomic E-state index is 9.71. The van der Waals surface area contributed by atoms with Gasteiger partial charge in [-0.25, -0.2) is 0 Å². The summed E-state index contributed by atoms with van der Waals surface area (Å²) < 4.78 is 4.55. The van der Waals surface area contributed by atoms with Gasteiger partial charge in [0.15, 0.2) is 0 Å². The molecule has 0 aliphatic heterocycles. The topological polar surface area (TPSA) is 81.6 Å². The Kier molecular flexibility index (Phi) is 13.7. The number of hydrogen-bond donors (Lipinski definition) is 1. The van der Waals surface area contributed by atoms with E-state index in [0.29, 0.717) is 0 Å². The predicted octanol–water partition coefficient (Wildman–Crippen LogP) is 11.2. The van der Waals surface area contributed by atoms with Crippen LogP contribution in [0.1, 0.15) is 110 Å². The molecule has 0 aliphatic rings. The number of rotatable bonds is 6. The van der Waals surface area contributed by atoms with Gasteiger partial charge < -0.3 is 14.2 Å².